The highest BCUT2D eigenvalue weighted by Crippen LogP contribution is 2.19. The van der Waals surface area contributed by atoms with Gasteiger partial charge in [0.1, 0.15) is 11.9 Å². The molecule has 112 valence electrons. The molecule has 3 N–H and O–H groups in total. The molecule has 0 unspecified atom stereocenters. The summed E-state index contributed by atoms with van der Waals surface area (Å²) in [5, 5.41) is 18.1. The van der Waals surface area contributed by atoms with Crippen molar-refractivity contribution in [2.45, 2.75) is 24.8 Å². The Balaban J connectivity index is 2.95. The molecule has 0 aliphatic rings. The molecule has 1 aromatic carbocycles. The van der Waals surface area contributed by atoms with Gasteiger partial charge in [-0.05, 0) is 30.7 Å². The molecule has 0 bridgehead atoms. The third-order valence-electron chi connectivity index (χ3n) is 2.41. The summed E-state index contributed by atoms with van der Waals surface area (Å²) in [6, 6.07) is 1.53. The van der Waals surface area contributed by atoms with Gasteiger partial charge in [0.05, 0.1) is 11.9 Å². The molecule has 0 heterocycles. The van der Waals surface area contributed by atoms with Crippen LogP contribution in [0, 0.1) is 5.82 Å². The summed E-state index contributed by atoms with van der Waals surface area (Å²) in [4.78, 5) is 10.8. The van der Waals surface area contributed by atoms with Gasteiger partial charge in [0, 0.05) is 5.02 Å². The molecule has 0 aliphatic heterocycles. The minimum atomic E-state index is -4.11. The zero-order valence-electron chi connectivity index (χ0n) is 10.4. The van der Waals surface area contributed by atoms with E-state index in [0.717, 1.165) is 19.1 Å². The molecule has 20 heavy (non-hydrogen) atoms. The number of carboxylic acid groups (broad SMARTS) is 1. The number of halogens is 2. The van der Waals surface area contributed by atoms with E-state index in [-0.39, 0.29) is 10.6 Å². The lowest BCUT2D eigenvalue weighted by Crippen LogP contribution is -2.47. The Morgan fingerprint density at radius 1 is 1.50 bits per heavy atom. The van der Waals surface area contributed by atoms with Crippen LogP contribution in [0.5, 0.6) is 0 Å². The second-order valence-electron chi connectivity index (χ2n) is 4.17. The Morgan fingerprint density at radius 3 is 2.60 bits per heavy atom. The van der Waals surface area contributed by atoms with Crippen LogP contribution in [0.2, 0.25) is 5.02 Å². The maximum atomic E-state index is 13.0. The zero-order chi connectivity index (χ0) is 15.5. The van der Waals surface area contributed by atoms with Crippen LogP contribution in [0.3, 0.4) is 0 Å². The minimum Gasteiger partial charge on any atom is -0.480 e. The molecule has 0 spiro atoms. The van der Waals surface area contributed by atoms with Crippen molar-refractivity contribution in [3.63, 3.8) is 0 Å². The van der Waals surface area contributed by atoms with E-state index in [1.165, 1.54) is 6.07 Å². The van der Waals surface area contributed by atoms with Gasteiger partial charge >= 0.3 is 5.97 Å². The molecule has 0 radical (unpaired) electrons. The van der Waals surface area contributed by atoms with Gasteiger partial charge in [0.25, 0.3) is 0 Å². The predicted octanol–water partition coefficient (Wildman–Crippen LogP) is 0.732. The number of aliphatic hydroxyl groups excluding tert-OH is 1. The highest BCUT2D eigenvalue weighted by atomic mass is 35.5. The van der Waals surface area contributed by atoms with Crippen molar-refractivity contribution >= 4 is 27.6 Å². The first kappa shape index (κ1) is 16.8. The van der Waals surface area contributed by atoms with Crippen molar-refractivity contribution in [1.82, 2.24) is 4.72 Å². The van der Waals surface area contributed by atoms with Crippen molar-refractivity contribution in [1.29, 1.82) is 0 Å². The van der Waals surface area contributed by atoms with E-state index in [1.54, 1.807) is 0 Å². The average molecular weight is 326 g/mol. The topological polar surface area (TPSA) is 104 Å². The summed E-state index contributed by atoms with van der Waals surface area (Å²) < 4.78 is 38.5. The molecule has 6 nitrogen and oxygen atoms in total. The fourth-order valence-corrected chi connectivity index (χ4v) is 3.13. The molecule has 1 aromatic rings. The predicted molar refractivity (Wildman–Crippen MR) is 70.3 cm³/mol. The number of hydrogen-bond donors (Lipinski definition) is 3. The number of carboxylic acids is 1. The van der Waals surface area contributed by atoms with Crippen molar-refractivity contribution < 1.29 is 27.8 Å². The van der Waals surface area contributed by atoms with E-state index in [0.29, 0.717) is 0 Å². The summed E-state index contributed by atoms with van der Waals surface area (Å²) >= 11 is 5.74. The number of nitrogens with one attached hydrogen (secondary N) is 1. The zero-order valence-corrected chi connectivity index (χ0v) is 11.9. The van der Waals surface area contributed by atoms with Gasteiger partial charge in [-0.2, -0.15) is 4.72 Å². The molecule has 0 fully saturated rings. The first-order valence-electron chi connectivity index (χ1n) is 5.47. The van der Waals surface area contributed by atoms with Crippen molar-refractivity contribution in [3.05, 3.63) is 34.6 Å². The van der Waals surface area contributed by atoms with Crippen LogP contribution < -0.4 is 4.72 Å². The maximum absolute atomic E-state index is 13.0. The Bertz CT molecular complexity index is 605. The standard InChI is InChI=1S/C11H13ClFNO5S/c1-6(15)10(11(16)17)14-20(18,19)5-7-4-8(13)2-3-9(7)12/h2-4,6,10,14-15H,5H2,1H3,(H,16,17)/t6-,10+/m0/s1. The van der Waals surface area contributed by atoms with Crippen LogP contribution in [0.4, 0.5) is 4.39 Å². The van der Waals surface area contributed by atoms with Crippen LogP contribution in [-0.2, 0) is 20.6 Å². The number of aliphatic hydroxyl groups is 1. The summed E-state index contributed by atoms with van der Waals surface area (Å²) in [5.74, 6) is -2.88. The van der Waals surface area contributed by atoms with E-state index < -0.39 is 39.7 Å². The number of hydrogen-bond acceptors (Lipinski definition) is 4. The van der Waals surface area contributed by atoms with Gasteiger partial charge in [-0.1, -0.05) is 11.6 Å². The van der Waals surface area contributed by atoms with Crippen molar-refractivity contribution in [3.8, 4) is 0 Å². The highest BCUT2D eigenvalue weighted by molar-refractivity contribution is 7.88. The largest absolute Gasteiger partial charge is 0.480 e. The number of carbonyl (C=O) groups is 1. The fraction of sp³-hybridized carbons (Fsp3) is 0.364. The molecule has 9 heteroatoms. The molecule has 0 saturated carbocycles. The third kappa shape index (κ3) is 4.71. The van der Waals surface area contributed by atoms with E-state index in [4.69, 9.17) is 16.7 Å². The van der Waals surface area contributed by atoms with E-state index in [9.17, 15) is 22.7 Å². The van der Waals surface area contributed by atoms with E-state index in [2.05, 4.69) is 0 Å². The van der Waals surface area contributed by atoms with Gasteiger partial charge in [-0.25, -0.2) is 12.8 Å². The Kier molecular flexibility index (Phi) is 5.46. The average Bonchev–Trinajstić information content (AvgIpc) is 2.30. The van der Waals surface area contributed by atoms with Crippen LogP contribution in [0.25, 0.3) is 0 Å². The summed E-state index contributed by atoms with van der Waals surface area (Å²) in [6.45, 7) is 1.14. The van der Waals surface area contributed by atoms with Crippen LogP contribution in [0.1, 0.15) is 12.5 Å². The number of aliphatic carboxylic acids is 1. The lowest BCUT2D eigenvalue weighted by molar-refractivity contribution is -0.141. The quantitative estimate of drug-likeness (QED) is 0.715. The molecule has 0 saturated heterocycles. The normalized spacial score (nSPS) is 14.8. The SMILES string of the molecule is C[C@H](O)[C@@H](NS(=O)(=O)Cc1cc(F)ccc1Cl)C(=O)O. The highest BCUT2D eigenvalue weighted by Gasteiger charge is 2.28. The molecular formula is C11H13ClFNO5S. The maximum Gasteiger partial charge on any atom is 0.324 e. The Hall–Kier alpha value is -1.22. The van der Waals surface area contributed by atoms with Crippen LogP contribution >= 0.6 is 11.6 Å². The van der Waals surface area contributed by atoms with Gasteiger partial charge in [-0.15, -0.1) is 0 Å². The third-order valence-corrected chi connectivity index (χ3v) is 4.08. The Labute approximate surface area is 120 Å². The lowest BCUT2D eigenvalue weighted by atomic mass is 10.2. The first-order valence-corrected chi connectivity index (χ1v) is 7.50. The van der Waals surface area contributed by atoms with E-state index >= 15 is 0 Å². The number of sulfonamides is 1. The number of benzene rings is 1. The van der Waals surface area contributed by atoms with Crippen molar-refractivity contribution in [2.24, 2.45) is 0 Å². The summed E-state index contributed by atoms with van der Waals surface area (Å²) in [6.07, 6.45) is -1.43. The first-order chi connectivity index (χ1) is 9.12. The van der Waals surface area contributed by atoms with Crippen LogP contribution in [0.15, 0.2) is 18.2 Å². The second-order valence-corrected chi connectivity index (χ2v) is 6.33. The number of rotatable bonds is 6. The molecule has 1 rings (SSSR count). The van der Waals surface area contributed by atoms with E-state index in [1.807, 2.05) is 4.72 Å². The molecular weight excluding hydrogens is 313 g/mol. The summed E-state index contributed by atoms with van der Waals surface area (Å²) in [5.41, 5.74) is -0.00565. The lowest BCUT2D eigenvalue weighted by Gasteiger charge is -2.17. The fourth-order valence-electron chi connectivity index (χ4n) is 1.45. The summed E-state index contributed by atoms with van der Waals surface area (Å²) in [7, 11) is -4.11. The molecule has 0 amide bonds. The molecule has 0 aromatic heterocycles. The Morgan fingerprint density at radius 2 is 2.10 bits per heavy atom. The van der Waals surface area contributed by atoms with Crippen molar-refractivity contribution in [2.75, 3.05) is 0 Å². The molecule has 2 atom stereocenters. The van der Waals surface area contributed by atoms with Gasteiger partial charge in [0.2, 0.25) is 10.0 Å². The smallest absolute Gasteiger partial charge is 0.324 e. The monoisotopic (exact) mass is 325 g/mol. The van der Waals surface area contributed by atoms with Gasteiger partial charge < -0.3 is 10.2 Å². The van der Waals surface area contributed by atoms with Crippen LogP contribution in [-0.4, -0.2) is 36.7 Å². The van der Waals surface area contributed by atoms with Gasteiger partial charge in [0.15, 0.2) is 0 Å². The molecule has 0 aliphatic carbocycles. The minimum absolute atomic E-state index is 0.00565. The second kappa shape index (κ2) is 6.49. The van der Waals surface area contributed by atoms with Gasteiger partial charge in [-0.3, -0.25) is 4.79 Å².